The minimum absolute atomic E-state index is 0.0834. The van der Waals surface area contributed by atoms with Crippen molar-refractivity contribution >= 4 is 34.9 Å². The van der Waals surface area contributed by atoms with Gasteiger partial charge in [-0.3, -0.25) is 5.43 Å². The van der Waals surface area contributed by atoms with Crippen LogP contribution in [-0.2, 0) is 0 Å². The Morgan fingerprint density at radius 2 is 1.79 bits per heavy atom. The average molecular weight is 469 g/mol. The predicted octanol–water partition coefficient (Wildman–Crippen LogP) is 3.52. The minimum Gasteiger partial charge on any atom is -0.375 e. The van der Waals surface area contributed by atoms with Gasteiger partial charge in [0, 0.05) is 43.5 Å². The van der Waals surface area contributed by atoms with E-state index < -0.39 is 0 Å². The molecule has 0 bridgehead atoms. The lowest BCUT2D eigenvalue weighted by molar-refractivity contribution is 0.315. The number of nitrogens with one attached hydrogen (secondary N) is 1. The molecule has 2 aromatic carbocycles. The second-order valence-corrected chi connectivity index (χ2v) is 9.56. The number of nitrogens with zero attached hydrogens (tertiary/aromatic N) is 4. The molecule has 0 amide bonds. The molecule has 8 heteroatoms. The highest BCUT2D eigenvalue weighted by atomic mass is 32.1. The van der Waals surface area contributed by atoms with Gasteiger partial charge in [0.15, 0.2) is 5.11 Å². The fourth-order valence-electron chi connectivity index (χ4n) is 4.91. The molecule has 33 heavy (non-hydrogen) atoms. The van der Waals surface area contributed by atoms with Gasteiger partial charge in [0.2, 0.25) is 0 Å². The predicted molar refractivity (Wildman–Crippen MR) is 139 cm³/mol. The van der Waals surface area contributed by atoms with Gasteiger partial charge in [-0.05, 0) is 69.2 Å². The zero-order valence-electron chi connectivity index (χ0n) is 19.4. The quantitative estimate of drug-likeness (QED) is 0.384. The number of hydrazone groups is 1. The molecule has 1 unspecified atom stereocenters. The minimum atomic E-state index is -0.225. The van der Waals surface area contributed by atoms with E-state index in [1.807, 2.05) is 6.07 Å². The maximum atomic E-state index is 15.3. The molecular weight excluding hydrogens is 435 g/mol. The lowest BCUT2D eigenvalue weighted by Gasteiger charge is -2.35. The number of halogens is 1. The van der Waals surface area contributed by atoms with Gasteiger partial charge in [-0.1, -0.05) is 30.3 Å². The Hall–Kier alpha value is -2.71. The van der Waals surface area contributed by atoms with Crippen molar-refractivity contribution in [1.82, 2.24) is 10.3 Å². The van der Waals surface area contributed by atoms with Crippen LogP contribution in [0, 0.1) is 5.82 Å². The van der Waals surface area contributed by atoms with Crippen molar-refractivity contribution in [3.05, 3.63) is 59.4 Å². The van der Waals surface area contributed by atoms with Crippen LogP contribution in [0.5, 0.6) is 0 Å². The molecule has 3 N–H and O–H groups in total. The molecule has 6 nitrogen and oxygen atoms in total. The summed E-state index contributed by atoms with van der Waals surface area (Å²) in [7, 11) is 4.21. The van der Waals surface area contributed by atoms with Crippen LogP contribution < -0.4 is 21.0 Å². The van der Waals surface area contributed by atoms with Gasteiger partial charge in [0.25, 0.3) is 0 Å². The SMILES string of the molecule is CN(C)C1CCN(c2cc(N3CCC(c4ccccc4)CC3)c(F)cc2/C=N/NC(N)=S)C1. The zero-order chi connectivity index (χ0) is 23.4. The standard InChI is InChI=1S/C25H33FN6S/c1-30(2)21-10-13-32(17-21)23-15-24(22(26)14-20(23)16-28-29-25(27)33)31-11-8-19(9-12-31)18-6-4-3-5-7-18/h3-7,14-16,19,21H,8-13,17H2,1-2H3,(H3,27,29,33)/b28-16+. The van der Waals surface area contributed by atoms with Crippen LogP contribution in [0.25, 0.3) is 0 Å². The number of hydrogen-bond acceptors (Lipinski definition) is 5. The number of nitrogens with two attached hydrogens (primary N) is 1. The molecule has 1 atom stereocenters. The highest BCUT2D eigenvalue weighted by Gasteiger charge is 2.28. The summed E-state index contributed by atoms with van der Waals surface area (Å²) in [6.07, 6.45) is 4.72. The normalized spacial score (nSPS) is 19.6. The molecule has 0 radical (unpaired) electrons. The fraction of sp³-hybridized carbons (Fsp3) is 0.440. The molecule has 0 saturated carbocycles. The Balaban J connectivity index is 1.57. The van der Waals surface area contributed by atoms with Crippen LogP contribution in [0.2, 0.25) is 0 Å². The third kappa shape index (κ3) is 5.62. The Bertz CT molecular complexity index is 988. The Labute approximate surface area is 201 Å². The van der Waals surface area contributed by atoms with E-state index in [0.29, 0.717) is 17.6 Å². The molecule has 0 aliphatic carbocycles. The Kier molecular flexibility index (Phi) is 7.45. The van der Waals surface area contributed by atoms with E-state index in [9.17, 15) is 0 Å². The van der Waals surface area contributed by atoms with Gasteiger partial charge in [0.05, 0.1) is 11.9 Å². The first-order chi connectivity index (χ1) is 15.9. The third-order valence-electron chi connectivity index (χ3n) is 6.82. The number of hydrogen-bond donors (Lipinski definition) is 2. The topological polar surface area (TPSA) is 60.1 Å². The van der Waals surface area contributed by atoms with Crippen molar-refractivity contribution in [1.29, 1.82) is 0 Å². The van der Waals surface area contributed by atoms with Crippen molar-refractivity contribution < 1.29 is 4.39 Å². The maximum Gasteiger partial charge on any atom is 0.184 e. The molecule has 0 spiro atoms. The Morgan fingerprint density at radius 1 is 1.09 bits per heavy atom. The number of thiocarbonyl (C=S) groups is 1. The second-order valence-electron chi connectivity index (χ2n) is 9.12. The van der Waals surface area contributed by atoms with E-state index in [0.717, 1.165) is 56.7 Å². The summed E-state index contributed by atoms with van der Waals surface area (Å²) >= 11 is 4.83. The van der Waals surface area contributed by atoms with Crippen molar-refractivity contribution in [2.24, 2.45) is 10.8 Å². The van der Waals surface area contributed by atoms with Crippen molar-refractivity contribution in [3.63, 3.8) is 0 Å². The largest absolute Gasteiger partial charge is 0.375 e. The smallest absolute Gasteiger partial charge is 0.184 e. The molecule has 2 heterocycles. The Morgan fingerprint density at radius 3 is 2.42 bits per heavy atom. The number of anilines is 2. The summed E-state index contributed by atoms with van der Waals surface area (Å²) in [6.45, 7) is 3.50. The van der Waals surface area contributed by atoms with Gasteiger partial charge in [-0.15, -0.1) is 0 Å². The van der Waals surface area contributed by atoms with Gasteiger partial charge in [0.1, 0.15) is 5.82 Å². The van der Waals surface area contributed by atoms with Crippen LogP contribution >= 0.6 is 12.2 Å². The van der Waals surface area contributed by atoms with Crippen LogP contribution in [0.15, 0.2) is 47.6 Å². The van der Waals surface area contributed by atoms with Crippen molar-refractivity contribution in [2.45, 2.75) is 31.2 Å². The van der Waals surface area contributed by atoms with E-state index in [1.165, 1.54) is 5.56 Å². The van der Waals surface area contributed by atoms with Crippen LogP contribution in [0.4, 0.5) is 15.8 Å². The van der Waals surface area contributed by atoms with Gasteiger partial charge in [-0.2, -0.15) is 5.10 Å². The van der Waals surface area contributed by atoms with E-state index in [1.54, 1.807) is 12.3 Å². The second kappa shape index (κ2) is 10.5. The summed E-state index contributed by atoms with van der Waals surface area (Å²) in [5.41, 5.74) is 11.8. The third-order valence-corrected chi connectivity index (χ3v) is 6.91. The summed E-state index contributed by atoms with van der Waals surface area (Å²) < 4.78 is 15.3. The number of rotatable bonds is 6. The average Bonchev–Trinajstić information content (AvgIpc) is 3.30. The van der Waals surface area contributed by atoms with E-state index >= 15 is 4.39 Å². The number of likely N-dealkylation sites (N-methyl/N-ethyl adjacent to an activating group) is 1. The van der Waals surface area contributed by atoms with Gasteiger partial charge >= 0.3 is 0 Å². The highest BCUT2D eigenvalue weighted by Crippen LogP contribution is 2.35. The first-order valence-electron chi connectivity index (χ1n) is 11.6. The number of piperidine rings is 1. The molecule has 4 rings (SSSR count). The van der Waals surface area contributed by atoms with Crippen LogP contribution in [0.3, 0.4) is 0 Å². The summed E-state index contributed by atoms with van der Waals surface area (Å²) in [5, 5.41) is 4.18. The van der Waals surface area contributed by atoms with Gasteiger partial charge in [-0.25, -0.2) is 4.39 Å². The lowest BCUT2D eigenvalue weighted by Crippen LogP contribution is -2.34. The molecule has 0 aromatic heterocycles. The van der Waals surface area contributed by atoms with E-state index in [2.05, 4.69) is 69.7 Å². The lowest BCUT2D eigenvalue weighted by atomic mass is 9.89. The summed E-state index contributed by atoms with van der Waals surface area (Å²) in [4.78, 5) is 6.76. The molecule has 2 aliphatic heterocycles. The fourth-order valence-corrected chi connectivity index (χ4v) is 4.96. The first-order valence-corrected chi connectivity index (χ1v) is 12.0. The molecular formula is C25H33FN6S. The molecule has 2 fully saturated rings. The maximum absolute atomic E-state index is 15.3. The van der Waals surface area contributed by atoms with Crippen molar-refractivity contribution in [3.8, 4) is 0 Å². The molecule has 176 valence electrons. The van der Waals surface area contributed by atoms with Crippen molar-refractivity contribution in [2.75, 3.05) is 50.1 Å². The van der Waals surface area contributed by atoms with E-state index in [4.69, 9.17) is 18.0 Å². The highest BCUT2D eigenvalue weighted by molar-refractivity contribution is 7.80. The zero-order valence-corrected chi connectivity index (χ0v) is 20.2. The molecule has 2 aromatic rings. The first kappa shape index (κ1) is 23.4. The molecule has 2 aliphatic rings. The van der Waals surface area contributed by atoms with Gasteiger partial charge < -0.3 is 20.4 Å². The summed E-state index contributed by atoms with van der Waals surface area (Å²) in [5.74, 6) is 0.305. The van der Waals surface area contributed by atoms with Crippen LogP contribution in [-0.4, -0.2) is 62.5 Å². The molecule has 2 saturated heterocycles. The van der Waals surface area contributed by atoms with Crippen LogP contribution in [0.1, 0.15) is 36.3 Å². The summed E-state index contributed by atoms with van der Waals surface area (Å²) in [6, 6.07) is 14.7. The number of benzene rings is 2. The monoisotopic (exact) mass is 468 g/mol. The van der Waals surface area contributed by atoms with E-state index in [-0.39, 0.29) is 10.9 Å².